The lowest BCUT2D eigenvalue weighted by Gasteiger charge is -2.37. The summed E-state index contributed by atoms with van der Waals surface area (Å²) in [7, 11) is -17.8. The van der Waals surface area contributed by atoms with Crippen molar-refractivity contribution in [1.82, 2.24) is 19.5 Å². The largest absolute Gasteiger partial charge is 0.790 e. The van der Waals surface area contributed by atoms with Gasteiger partial charge in [0.25, 0.3) is 15.6 Å². The first-order valence-corrected chi connectivity index (χ1v) is 12.2. The molecule has 0 bridgehead atoms. The molecule has 0 saturated carbocycles. The molecular weight excluding hydrogens is 473 g/mol. The molecule has 1 saturated heterocycles. The van der Waals surface area contributed by atoms with Gasteiger partial charge in [-0.1, -0.05) is 0 Å². The zero-order valence-corrected chi connectivity index (χ0v) is 17.3. The summed E-state index contributed by atoms with van der Waals surface area (Å²) in [5.41, 5.74) is 12.2. The number of phosphoric acid groups is 3. The second kappa shape index (κ2) is 8.31. The summed E-state index contributed by atoms with van der Waals surface area (Å²) in [5.74, 6) is 0.135. The maximum atomic E-state index is 11.6. The van der Waals surface area contributed by atoms with Gasteiger partial charge in [-0.05, 0) is 0 Å². The first kappa shape index (κ1) is 23.3. The van der Waals surface area contributed by atoms with Crippen molar-refractivity contribution in [3.63, 3.8) is 0 Å². The van der Waals surface area contributed by atoms with Crippen LogP contribution in [0, 0.1) is 0 Å². The fourth-order valence-corrected chi connectivity index (χ4v) is 5.48. The standard InChI is InChI=1S/C10H17N6O11P3/c11-5-1-7(16-4-15-8-9(12)13-3-14-10(8)16)25-6(5)2-24-29(20,21)27-30(22,23)26-28(17,18)19/h3-7H,1-2,11H2,(H,20,21)(H,22,23)(H2,12,13,14)(H2,17,18,19)/p-4. The van der Waals surface area contributed by atoms with E-state index in [0.29, 0.717) is 11.2 Å². The average molecular weight is 486 g/mol. The molecule has 2 aromatic heterocycles. The predicted molar refractivity (Wildman–Crippen MR) is 87.2 cm³/mol. The van der Waals surface area contributed by atoms with Crippen LogP contribution >= 0.6 is 23.5 Å². The van der Waals surface area contributed by atoms with Gasteiger partial charge in [0.1, 0.15) is 18.1 Å². The molecule has 3 heterocycles. The SMILES string of the molecule is Nc1ncnc2c1ncn2C1CC(N)C(COP(=O)([O-])OP(=O)([O-])OP(=O)([O-])[O-])O1. The summed E-state index contributed by atoms with van der Waals surface area (Å²) in [5, 5.41) is 0. The molecule has 4 N–H and O–H groups in total. The van der Waals surface area contributed by atoms with Crippen LogP contribution < -0.4 is 31.0 Å². The molecule has 30 heavy (non-hydrogen) atoms. The minimum atomic E-state index is -6.07. The van der Waals surface area contributed by atoms with Gasteiger partial charge < -0.3 is 44.9 Å². The van der Waals surface area contributed by atoms with E-state index in [9.17, 15) is 33.3 Å². The van der Waals surface area contributed by atoms with Gasteiger partial charge in [0.15, 0.2) is 11.5 Å². The van der Waals surface area contributed by atoms with Crippen molar-refractivity contribution in [2.45, 2.75) is 24.8 Å². The van der Waals surface area contributed by atoms with Gasteiger partial charge in [0.2, 0.25) is 0 Å². The summed E-state index contributed by atoms with van der Waals surface area (Å²) >= 11 is 0. The molecule has 0 aromatic carbocycles. The van der Waals surface area contributed by atoms with Crippen LogP contribution in [0.4, 0.5) is 5.82 Å². The number of imidazole rings is 1. The van der Waals surface area contributed by atoms with Crippen molar-refractivity contribution in [3.8, 4) is 0 Å². The van der Waals surface area contributed by atoms with Gasteiger partial charge in [-0.2, -0.15) is 0 Å². The van der Waals surface area contributed by atoms with Crippen molar-refractivity contribution < 1.29 is 51.2 Å². The average Bonchev–Trinajstić information content (AvgIpc) is 3.14. The van der Waals surface area contributed by atoms with Crippen molar-refractivity contribution >= 4 is 40.4 Å². The Morgan fingerprint density at radius 1 is 1.13 bits per heavy atom. The maximum Gasteiger partial charge on any atom is 0.278 e. The summed E-state index contributed by atoms with van der Waals surface area (Å²) in [6.07, 6.45) is 0.969. The molecule has 5 atom stereocenters. The number of nitrogens with zero attached hydrogens (tertiary/aromatic N) is 4. The molecule has 3 rings (SSSR count). The van der Waals surface area contributed by atoms with E-state index in [1.807, 2.05) is 0 Å². The second-order valence-corrected chi connectivity index (χ2v) is 10.2. The Balaban J connectivity index is 1.64. The molecule has 17 nitrogen and oxygen atoms in total. The molecule has 168 valence electrons. The number of hydrogen-bond donors (Lipinski definition) is 2. The molecule has 1 aliphatic rings. The highest BCUT2D eigenvalue weighted by molar-refractivity contribution is 7.64. The summed E-state index contributed by atoms with van der Waals surface area (Å²) in [4.78, 5) is 55.3. The fourth-order valence-electron chi connectivity index (χ4n) is 2.61. The van der Waals surface area contributed by atoms with Crippen LogP contribution in [0.25, 0.3) is 11.2 Å². The van der Waals surface area contributed by atoms with Crippen molar-refractivity contribution in [1.29, 1.82) is 0 Å². The zero-order chi connectivity index (χ0) is 22.3. The van der Waals surface area contributed by atoms with Gasteiger partial charge in [-0.25, -0.2) is 19.3 Å². The van der Waals surface area contributed by atoms with Crippen LogP contribution in [0.3, 0.4) is 0 Å². The number of nitrogens with two attached hydrogens (primary N) is 2. The monoisotopic (exact) mass is 486 g/mol. The van der Waals surface area contributed by atoms with E-state index in [2.05, 4.69) is 28.1 Å². The third-order valence-corrected chi connectivity index (χ3v) is 7.44. The third kappa shape index (κ3) is 5.68. The lowest BCUT2D eigenvalue weighted by Crippen LogP contribution is -2.34. The Labute approximate surface area is 167 Å². The zero-order valence-electron chi connectivity index (χ0n) is 14.6. The molecule has 20 heteroatoms. The normalized spacial score (nSPS) is 26.5. The molecule has 1 aliphatic heterocycles. The molecule has 1 fully saturated rings. The Kier molecular flexibility index (Phi) is 6.47. The molecular formula is C10H13N6O11P3-4. The number of fused-ring (bicyclic) bond motifs is 1. The van der Waals surface area contributed by atoms with E-state index in [4.69, 9.17) is 16.2 Å². The van der Waals surface area contributed by atoms with Crippen LogP contribution in [0.2, 0.25) is 0 Å². The van der Waals surface area contributed by atoms with E-state index in [0.717, 1.165) is 0 Å². The number of hydrogen-bond acceptors (Lipinski definition) is 16. The summed E-state index contributed by atoms with van der Waals surface area (Å²) in [6.45, 7) is -0.783. The molecule has 5 unspecified atom stereocenters. The van der Waals surface area contributed by atoms with Gasteiger partial charge in [-0.3, -0.25) is 18.0 Å². The predicted octanol–water partition coefficient (Wildman–Crippen LogP) is -3.16. The minimum absolute atomic E-state index is 0.135. The maximum absolute atomic E-state index is 11.6. The minimum Gasteiger partial charge on any atom is -0.790 e. The number of ether oxygens (including phenoxy) is 1. The number of rotatable bonds is 8. The highest BCUT2D eigenvalue weighted by atomic mass is 31.3. The van der Waals surface area contributed by atoms with Crippen LogP contribution in [-0.4, -0.2) is 38.3 Å². The second-order valence-electron chi connectivity index (χ2n) is 5.91. The lowest BCUT2D eigenvalue weighted by atomic mass is 10.1. The van der Waals surface area contributed by atoms with E-state index >= 15 is 0 Å². The summed E-state index contributed by atoms with van der Waals surface area (Å²) < 4.78 is 51.1. The Morgan fingerprint density at radius 2 is 1.83 bits per heavy atom. The van der Waals surface area contributed by atoms with Crippen LogP contribution in [0.1, 0.15) is 12.6 Å². The van der Waals surface area contributed by atoms with E-state index < -0.39 is 48.4 Å². The van der Waals surface area contributed by atoms with E-state index in [-0.39, 0.29) is 12.2 Å². The van der Waals surface area contributed by atoms with Crippen molar-refractivity contribution in [2.75, 3.05) is 12.3 Å². The molecule has 0 radical (unpaired) electrons. The third-order valence-electron chi connectivity index (χ3n) is 3.78. The molecule has 2 aromatic rings. The Hall–Kier alpha value is -1.32. The van der Waals surface area contributed by atoms with Crippen molar-refractivity contribution in [2.24, 2.45) is 5.73 Å². The van der Waals surface area contributed by atoms with Crippen LogP contribution in [-0.2, 0) is 31.6 Å². The number of aromatic nitrogens is 4. The topological polar surface area (TPSA) is 276 Å². The van der Waals surface area contributed by atoms with Crippen LogP contribution in [0.5, 0.6) is 0 Å². The van der Waals surface area contributed by atoms with Gasteiger partial charge in [0, 0.05) is 12.5 Å². The van der Waals surface area contributed by atoms with Crippen molar-refractivity contribution in [3.05, 3.63) is 12.7 Å². The van der Waals surface area contributed by atoms with E-state index in [1.165, 1.54) is 17.2 Å². The quantitative estimate of drug-likeness (QED) is 0.348. The highest BCUT2D eigenvalue weighted by Gasteiger charge is 2.36. The van der Waals surface area contributed by atoms with Gasteiger partial charge in [-0.15, -0.1) is 0 Å². The number of phosphoric ester groups is 1. The number of nitrogen functional groups attached to an aromatic ring is 1. The Morgan fingerprint density at radius 3 is 2.50 bits per heavy atom. The van der Waals surface area contributed by atoms with Crippen LogP contribution in [0.15, 0.2) is 12.7 Å². The first-order chi connectivity index (χ1) is 13.8. The van der Waals surface area contributed by atoms with E-state index in [1.54, 1.807) is 0 Å². The molecule has 0 spiro atoms. The van der Waals surface area contributed by atoms with Gasteiger partial charge >= 0.3 is 0 Å². The highest BCUT2D eigenvalue weighted by Crippen LogP contribution is 2.60. The lowest BCUT2D eigenvalue weighted by molar-refractivity contribution is -0.339. The molecule has 0 aliphatic carbocycles. The number of anilines is 1. The smallest absolute Gasteiger partial charge is 0.278 e. The Bertz CT molecular complexity index is 1070. The first-order valence-electron chi connectivity index (χ1n) is 7.82. The fraction of sp³-hybridized carbons (Fsp3) is 0.500. The molecule has 0 amide bonds. The van der Waals surface area contributed by atoms with Gasteiger partial charge in [0.05, 0.1) is 26.9 Å². The summed E-state index contributed by atoms with van der Waals surface area (Å²) in [6, 6.07) is -0.759.